The summed E-state index contributed by atoms with van der Waals surface area (Å²) in [6, 6.07) is 12.7. The molecule has 0 unspecified atom stereocenters. The second-order valence-electron chi connectivity index (χ2n) is 3.68. The molecule has 0 saturated carbocycles. The number of halogens is 2. The standard InChI is InChI=1S/C14H9Cl2NOS/c1-18-13-3-2-10(15)7-14(13)19-12-5-9(8-17)4-11(16)6-12/h2-7H,1H3. The van der Waals surface area contributed by atoms with Crippen LogP contribution in [-0.4, -0.2) is 7.11 Å². The van der Waals surface area contributed by atoms with Gasteiger partial charge in [-0.3, -0.25) is 0 Å². The molecule has 96 valence electrons. The average molecular weight is 310 g/mol. The van der Waals surface area contributed by atoms with Crippen LogP contribution in [0.25, 0.3) is 0 Å². The van der Waals surface area contributed by atoms with Crippen molar-refractivity contribution in [2.75, 3.05) is 7.11 Å². The normalized spacial score (nSPS) is 10.0. The maximum Gasteiger partial charge on any atom is 0.132 e. The van der Waals surface area contributed by atoms with Crippen molar-refractivity contribution in [2.45, 2.75) is 9.79 Å². The van der Waals surface area contributed by atoms with E-state index >= 15 is 0 Å². The van der Waals surface area contributed by atoms with Crippen LogP contribution < -0.4 is 4.74 Å². The van der Waals surface area contributed by atoms with Crippen LogP contribution in [0.4, 0.5) is 0 Å². The van der Waals surface area contributed by atoms with Gasteiger partial charge in [0.1, 0.15) is 5.75 Å². The van der Waals surface area contributed by atoms with E-state index in [0.717, 1.165) is 15.5 Å². The molecule has 0 N–H and O–H groups in total. The topological polar surface area (TPSA) is 33.0 Å². The van der Waals surface area contributed by atoms with E-state index in [1.807, 2.05) is 6.07 Å². The molecule has 0 spiro atoms. The van der Waals surface area contributed by atoms with E-state index in [2.05, 4.69) is 6.07 Å². The Labute approximate surface area is 125 Å². The molecule has 2 rings (SSSR count). The third-order valence-electron chi connectivity index (χ3n) is 2.35. The Balaban J connectivity index is 2.38. The minimum atomic E-state index is 0.524. The van der Waals surface area contributed by atoms with Crippen LogP contribution in [0, 0.1) is 11.3 Å². The number of ether oxygens (including phenoxy) is 1. The third-order valence-corrected chi connectivity index (χ3v) is 3.82. The van der Waals surface area contributed by atoms with Crippen molar-refractivity contribution in [2.24, 2.45) is 0 Å². The van der Waals surface area contributed by atoms with Gasteiger partial charge in [-0.15, -0.1) is 0 Å². The molecule has 0 bridgehead atoms. The molecular weight excluding hydrogens is 301 g/mol. The third kappa shape index (κ3) is 3.57. The van der Waals surface area contributed by atoms with Gasteiger partial charge in [0.05, 0.1) is 23.6 Å². The van der Waals surface area contributed by atoms with Crippen molar-refractivity contribution in [3.63, 3.8) is 0 Å². The fraction of sp³-hybridized carbons (Fsp3) is 0.0714. The number of nitrogens with zero attached hydrogens (tertiary/aromatic N) is 1. The van der Waals surface area contributed by atoms with E-state index in [0.29, 0.717) is 15.6 Å². The Morgan fingerprint density at radius 2 is 1.89 bits per heavy atom. The molecule has 2 nitrogen and oxygen atoms in total. The maximum atomic E-state index is 8.93. The Morgan fingerprint density at radius 1 is 1.11 bits per heavy atom. The highest BCUT2D eigenvalue weighted by Crippen LogP contribution is 2.37. The molecule has 0 fully saturated rings. The van der Waals surface area contributed by atoms with Crippen LogP contribution in [0.5, 0.6) is 5.75 Å². The molecule has 2 aromatic carbocycles. The predicted octanol–water partition coefficient (Wildman–Crippen LogP) is 5.02. The van der Waals surface area contributed by atoms with Gasteiger partial charge in [-0.2, -0.15) is 5.26 Å². The first-order valence-electron chi connectivity index (χ1n) is 5.34. The first-order chi connectivity index (χ1) is 9.12. The van der Waals surface area contributed by atoms with Gasteiger partial charge in [0.15, 0.2) is 0 Å². The van der Waals surface area contributed by atoms with Crippen molar-refractivity contribution in [1.29, 1.82) is 5.26 Å². The SMILES string of the molecule is COc1ccc(Cl)cc1Sc1cc(Cl)cc(C#N)c1. The highest BCUT2D eigenvalue weighted by atomic mass is 35.5. The molecular formula is C14H9Cl2NOS. The van der Waals surface area contributed by atoms with Crippen LogP contribution in [0.1, 0.15) is 5.56 Å². The van der Waals surface area contributed by atoms with Crippen LogP contribution in [-0.2, 0) is 0 Å². The number of methoxy groups -OCH3 is 1. The van der Waals surface area contributed by atoms with Gasteiger partial charge in [0.25, 0.3) is 0 Å². The molecule has 2 aromatic rings. The van der Waals surface area contributed by atoms with Crippen molar-refractivity contribution < 1.29 is 4.74 Å². The first kappa shape index (κ1) is 14.1. The van der Waals surface area contributed by atoms with Crippen LogP contribution in [0.15, 0.2) is 46.2 Å². The summed E-state index contributed by atoms with van der Waals surface area (Å²) >= 11 is 13.4. The van der Waals surface area contributed by atoms with Gasteiger partial charge in [-0.05, 0) is 36.4 Å². The zero-order valence-electron chi connectivity index (χ0n) is 9.98. The summed E-state index contributed by atoms with van der Waals surface area (Å²) in [7, 11) is 1.60. The van der Waals surface area contributed by atoms with E-state index in [-0.39, 0.29) is 0 Å². The van der Waals surface area contributed by atoms with Crippen molar-refractivity contribution in [3.05, 3.63) is 52.0 Å². The number of hydrogen-bond acceptors (Lipinski definition) is 3. The van der Waals surface area contributed by atoms with Gasteiger partial charge < -0.3 is 4.74 Å². The molecule has 0 atom stereocenters. The zero-order valence-corrected chi connectivity index (χ0v) is 12.3. The van der Waals surface area contributed by atoms with Gasteiger partial charge in [0, 0.05) is 14.9 Å². The molecule has 0 saturated heterocycles. The summed E-state index contributed by atoms with van der Waals surface area (Å²) in [4.78, 5) is 1.74. The van der Waals surface area contributed by atoms with Gasteiger partial charge in [-0.25, -0.2) is 0 Å². The molecule has 0 aliphatic carbocycles. The smallest absolute Gasteiger partial charge is 0.132 e. The Bertz CT molecular complexity index is 652. The predicted molar refractivity (Wildman–Crippen MR) is 78.3 cm³/mol. The lowest BCUT2D eigenvalue weighted by atomic mass is 10.2. The lowest BCUT2D eigenvalue weighted by Gasteiger charge is -2.09. The quantitative estimate of drug-likeness (QED) is 0.797. The second kappa shape index (κ2) is 6.21. The number of rotatable bonds is 3. The van der Waals surface area contributed by atoms with Gasteiger partial charge in [-0.1, -0.05) is 35.0 Å². The molecule has 0 heterocycles. The highest BCUT2D eigenvalue weighted by Gasteiger charge is 2.08. The van der Waals surface area contributed by atoms with Crippen LogP contribution in [0.2, 0.25) is 10.0 Å². The fourth-order valence-electron chi connectivity index (χ4n) is 1.54. The maximum absolute atomic E-state index is 8.93. The van der Waals surface area contributed by atoms with E-state index in [4.69, 9.17) is 33.2 Å². The average Bonchev–Trinajstić information content (AvgIpc) is 2.38. The lowest BCUT2D eigenvalue weighted by Crippen LogP contribution is -1.86. The molecule has 0 amide bonds. The summed E-state index contributed by atoms with van der Waals surface area (Å²) in [6.07, 6.45) is 0. The summed E-state index contributed by atoms with van der Waals surface area (Å²) in [5.41, 5.74) is 0.524. The van der Waals surface area contributed by atoms with E-state index in [9.17, 15) is 0 Å². The van der Waals surface area contributed by atoms with Crippen LogP contribution in [0.3, 0.4) is 0 Å². The number of benzene rings is 2. The first-order valence-corrected chi connectivity index (χ1v) is 6.91. The Kier molecular flexibility index (Phi) is 4.60. The largest absolute Gasteiger partial charge is 0.496 e. The second-order valence-corrected chi connectivity index (χ2v) is 5.67. The molecule has 19 heavy (non-hydrogen) atoms. The van der Waals surface area contributed by atoms with Crippen molar-refractivity contribution >= 4 is 35.0 Å². The minimum Gasteiger partial charge on any atom is -0.496 e. The highest BCUT2D eigenvalue weighted by molar-refractivity contribution is 7.99. The summed E-state index contributed by atoms with van der Waals surface area (Å²) in [5, 5.41) is 10.1. The number of nitriles is 1. The molecule has 0 aliphatic heterocycles. The molecule has 0 aromatic heterocycles. The summed E-state index contributed by atoms with van der Waals surface area (Å²) in [5.74, 6) is 0.730. The van der Waals surface area contributed by atoms with Crippen molar-refractivity contribution in [1.82, 2.24) is 0 Å². The van der Waals surface area contributed by atoms with Gasteiger partial charge >= 0.3 is 0 Å². The summed E-state index contributed by atoms with van der Waals surface area (Å²) in [6.45, 7) is 0. The molecule has 0 radical (unpaired) electrons. The Morgan fingerprint density at radius 3 is 2.58 bits per heavy atom. The lowest BCUT2D eigenvalue weighted by molar-refractivity contribution is 0.405. The zero-order chi connectivity index (χ0) is 13.8. The monoisotopic (exact) mass is 309 g/mol. The molecule has 0 aliphatic rings. The van der Waals surface area contributed by atoms with Crippen LogP contribution >= 0.6 is 35.0 Å². The summed E-state index contributed by atoms with van der Waals surface area (Å²) < 4.78 is 5.28. The number of hydrogen-bond donors (Lipinski definition) is 0. The molecule has 5 heteroatoms. The van der Waals surface area contributed by atoms with Gasteiger partial charge in [0.2, 0.25) is 0 Å². The fourth-order valence-corrected chi connectivity index (χ4v) is 3.14. The van der Waals surface area contributed by atoms with E-state index < -0.39 is 0 Å². The minimum absolute atomic E-state index is 0.524. The van der Waals surface area contributed by atoms with Crippen molar-refractivity contribution in [3.8, 4) is 11.8 Å². The van der Waals surface area contributed by atoms with E-state index in [1.165, 1.54) is 11.8 Å². The Hall–Kier alpha value is -1.34. The van der Waals surface area contributed by atoms with E-state index in [1.54, 1.807) is 37.4 Å².